The molecule has 0 spiro atoms. The fourth-order valence-electron chi connectivity index (χ4n) is 1.62. The van der Waals surface area contributed by atoms with Gasteiger partial charge in [0.25, 0.3) is 0 Å². The Bertz CT molecular complexity index is 384. The summed E-state index contributed by atoms with van der Waals surface area (Å²) in [6, 6.07) is 6.71. The molecular formula is C13H15BrIN. The lowest BCUT2D eigenvalue weighted by Gasteiger charge is -2.19. The fraction of sp³-hybridized carbons (Fsp3) is 0.385. The molecule has 0 radical (unpaired) electrons. The van der Waals surface area contributed by atoms with E-state index >= 15 is 0 Å². The lowest BCUT2D eigenvalue weighted by atomic mass is 10.0. The lowest BCUT2D eigenvalue weighted by molar-refractivity contribution is 0.520. The molecule has 0 aliphatic carbocycles. The molecule has 3 heteroatoms. The molecule has 0 amide bonds. The molecule has 16 heavy (non-hydrogen) atoms. The van der Waals surface area contributed by atoms with E-state index in [2.05, 4.69) is 74.9 Å². The van der Waals surface area contributed by atoms with Crippen molar-refractivity contribution in [3.05, 3.63) is 31.8 Å². The number of halogens is 2. The van der Waals surface area contributed by atoms with Gasteiger partial charge in [0, 0.05) is 20.5 Å². The van der Waals surface area contributed by atoms with Gasteiger partial charge in [-0.05, 0) is 59.3 Å². The smallest absolute Gasteiger partial charge is 0.0340 e. The fourth-order valence-corrected chi connectivity index (χ4v) is 2.71. The summed E-state index contributed by atoms with van der Waals surface area (Å²) in [5.74, 6) is 2.71. The molecule has 0 heterocycles. The second-order valence-corrected chi connectivity index (χ2v) is 5.60. The second kappa shape index (κ2) is 7.31. The maximum absolute atomic E-state index is 5.33. The molecule has 0 saturated heterocycles. The molecule has 1 nitrogen and oxygen atoms in total. The standard InChI is InChI=1S/C13H15BrIN/c1-3-5-6-13(16-4-2)11-9-10(14)7-8-12(11)15/h1,7-9,13,16H,4-6H2,2H3. The zero-order valence-electron chi connectivity index (χ0n) is 9.26. The van der Waals surface area contributed by atoms with Gasteiger partial charge in [-0.25, -0.2) is 0 Å². The highest BCUT2D eigenvalue weighted by atomic mass is 127. The first kappa shape index (κ1) is 14.0. The Kier molecular flexibility index (Phi) is 6.40. The molecule has 1 aromatic rings. The third-order valence-corrected chi connectivity index (χ3v) is 3.84. The van der Waals surface area contributed by atoms with Gasteiger partial charge in [0.1, 0.15) is 0 Å². The van der Waals surface area contributed by atoms with Gasteiger partial charge in [-0.2, -0.15) is 0 Å². The van der Waals surface area contributed by atoms with Crippen molar-refractivity contribution in [1.82, 2.24) is 5.32 Å². The zero-order chi connectivity index (χ0) is 12.0. The van der Waals surface area contributed by atoms with E-state index in [0.29, 0.717) is 6.04 Å². The molecule has 0 bridgehead atoms. The molecular weight excluding hydrogens is 377 g/mol. The number of hydrogen-bond acceptors (Lipinski definition) is 1. The van der Waals surface area contributed by atoms with Crippen molar-refractivity contribution in [2.24, 2.45) is 0 Å². The van der Waals surface area contributed by atoms with Crippen LogP contribution in [0.25, 0.3) is 0 Å². The number of nitrogens with one attached hydrogen (secondary N) is 1. The number of benzene rings is 1. The second-order valence-electron chi connectivity index (χ2n) is 3.52. The molecule has 1 atom stereocenters. The largest absolute Gasteiger partial charge is 0.310 e. The quantitative estimate of drug-likeness (QED) is 0.588. The average Bonchev–Trinajstić information content (AvgIpc) is 2.28. The number of terminal acetylenes is 1. The van der Waals surface area contributed by atoms with Crippen LogP contribution < -0.4 is 5.32 Å². The molecule has 1 unspecified atom stereocenters. The van der Waals surface area contributed by atoms with E-state index in [1.54, 1.807) is 0 Å². The first-order chi connectivity index (χ1) is 7.69. The molecule has 1 rings (SSSR count). The Morgan fingerprint density at radius 1 is 1.56 bits per heavy atom. The first-order valence-electron chi connectivity index (χ1n) is 5.30. The summed E-state index contributed by atoms with van der Waals surface area (Å²) in [4.78, 5) is 0. The SMILES string of the molecule is C#CCCC(NCC)c1cc(Br)ccc1I. The van der Waals surface area contributed by atoms with Crippen molar-refractivity contribution in [2.45, 2.75) is 25.8 Å². The molecule has 0 aromatic heterocycles. The third kappa shape index (κ3) is 4.08. The van der Waals surface area contributed by atoms with Gasteiger partial charge < -0.3 is 5.32 Å². The van der Waals surface area contributed by atoms with Crippen LogP contribution >= 0.6 is 38.5 Å². The highest BCUT2D eigenvalue weighted by Crippen LogP contribution is 2.26. The Morgan fingerprint density at radius 3 is 2.94 bits per heavy atom. The van der Waals surface area contributed by atoms with Crippen molar-refractivity contribution < 1.29 is 0 Å². The normalized spacial score (nSPS) is 12.1. The van der Waals surface area contributed by atoms with Crippen LogP contribution in [0, 0.1) is 15.9 Å². The molecule has 1 aromatic carbocycles. The van der Waals surface area contributed by atoms with Gasteiger partial charge in [0.15, 0.2) is 0 Å². The van der Waals surface area contributed by atoms with Crippen LogP contribution in [0.1, 0.15) is 31.4 Å². The van der Waals surface area contributed by atoms with Crippen LogP contribution in [0.5, 0.6) is 0 Å². The summed E-state index contributed by atoms with van der Waals surface area (Å²) >= 11 is 5.88. The Balaban J connectivity index is 2.91. The lowest BCUT2D eigenvalue weighted by Crippen LogP contribution is -2.21. The van der Waals surface area contributed by atoms with Crippen molar-refractivity contribution in [3.8, 4) is 12.3 Å². The van der Waals surface area contributed by atoms with Gasteiger partial charge >= 0.3 is 0 Å². The minimum absolute atomic E-state index is 0.352. The van der Waals surface area contributed by atoms with E-state index in [0.717, 1.165) is 23.9 Å². The summed E-state index contributed by atoms with van der Waals surface area (Å²) in [5.41, 5.74) is 1.33. The minimum Gasteiger partial charge on any atom is -0.310 e. The van der Waals surface area contributed by atoms with E-state index in [9.17, 15) is 0 Å². The molecule has 0 saturated carbocycles. The van der Waals surface area contributed by atoms with E-state index in [1.165, 1.54) is 9.13 Å². The number of hydrogen-bond donors (Lipinski definition) is 1. The highest BCUT2D eigenvalue weighted by molar-refractivity contribution is 14.1. The monoisotopic (exact) mass is 391 g/mol. The van der Waals surface area contributed by atoms with E-state index in [4.69, 9.17) is 6.42 Å². The summed E-state index contributed by atoms with van der Waals surface area (Å²) in [7, 11) is 0. The first-order valence-corrected chi connectivity index (χ1v) is 7.18. The number of rotatable bonds is 5. The predicted octanol–water partition coefficient (Wildman–Crippen LogP) is 4.12. The maximum atomic E-state index is 5.33. The molecule has 1 N–H and O–H groups in total. The Labute approximate surface area is 120 Å². The van der Waals surface area contributed by atoms with Crippen LogP contribution in [0.3, 0.4) is 0 Å². The van der Waals surface area contributed by atoms with Crippen molar-refractivity contribution >= 4 is 38.5 Å². The average molecular weight is 392 g/mol. The Hall–Kier alpha value is -0.0500. The van der Waals surface area contributed by atoms with Crippen LogP contribution in [-0.4, -0.2) is 6.54 Å². The van der Waals surface area contributed by atoms with Crippen molar-refractivity contribution in [2.75, 3.05) is 6.54 Å². The van der Waals surface area contributed by atoms with Crippen LogP contribution in [0.15, 0.2) is 22.7 Å². The zero-order valence-corrected chi connectivity index (χ0v) is 13.0. The van der Waals surface area contributed by atoms with Crippen LogP contribution in [-0.2, 0) is 0 Å². The summed E-state index contributed by atoms with van der Waals surface area (Å²) < 4.78 is 2.40. The molecule has 0 fully saturated rings. The van der Waals surface area contributed by atoms with Crippen molar-refractivity contribution in [3.63, 3.8) is 0 Å². The molecule has 0 aliphatic rings. The van der Waals surface area contributed by atoms with E-state index in [-0.39, 0.29) is 0 Å². The Morgan fingerprint density at radius 2 is 2.31 bits per heavy atom. The van der Waals surface area contributed by atoms with Gasteiger partial charge in [-0.3, -0.25) is 0 Å². The van der Waals surface area contributed by atoms with Gasteiger partial charge in [-0.1, -0.05) is 22.9 Å². The third-order valence-electron chi connectivity index (χ3n) is 2.36. The topological polar surface area (TPSA) is 12.0 Å². The maximum Gasteiger partial charge on any atom is 0.0340 e. The summed E-state index contributed by atoms with van der Waals surface area (Å²) in [5, 5.41) is 3.48. The summed E-state index contributed by atoms with van der Waals surface area (Å²) in [6.07, 6.45) is 7.12. The van der Waals surface area contributed by atoms with Crippen molar-refractivity contribution in [1.29, 1.82) is 0 Å². The predicted molar refractivity (Wildman–Crippen MR) is 81.3 cm³/mol. The molecule has 0 aliphatic heterocycles. The van der Waals surface area contributed by atoms with Gasteiger partial charge in [0.2, 0.25) is 0 Å². The van der Waals surface area contributed by atoms with Crippen LogP contribution in [0.4, 0.5) is 0 Å². The van der Waals surface area contributed by atoms with Gasteiger partial charge in [-0.15, -0.1) is 12.3 Å². The van der Waals surface area contributed by atoms with Gasteiger partial charge in [0.05, 0.1) is 0 Å². The highest BCUT2D eigenvalue weighted by Gasteiger charge is 2.13. The molecule has 86 valence electrons. The van der Waals surface area contributed by atoms with Crippen LogP contribution in [0.2, 0.25) is 0 Å². The minimum atomic E-state index is 0.352. The summed E-state index contributed by atoms with van der Waals surface area (Å²) in [6.45, 7) is 3.07. The van der Waals surface area contributed by atoms with E-state index in [1.807, 2.05) is 0 Å². The van der Waals surface area contributed by atoms with E-state index < -0.39 is 0 Å².